The standard InChI is InChI=1S/C14H14Cl2N4OS/c1-8-18-19-12(22)20(8)10-5-3-4-9(6-10)17-11(21)13(2)7-14(13,15)16/h3-6H,7H2,1-2H3,(H,17,21)(H,19,22)/t13-/m1/s1. The van der Waals surface area contributed by atoms with E-state index in [0.717, 1.165) is 11.5 Å². The first-order valence-electron chi connectivity index (χ1n) is 6.68. The van der Waals surface area contributed by atoms with Crippen LogP contribution in [0, 0.1) is 17.1 Å². The van der Waals surface area contributed by atoms with Crippen LogP contribution in [0.2, 0.25) is 0 Å². The quantitative estimate of drug-likeness (QED) is 0.649. The van der Waals surface area contributed by atoms with Crippen molar-refractivity contribution in [1.82, 2.24) is 14.8 Å². The van der Waals surface area contributed by atoms with Crippen LogP contribution >= 0.6 is 35.4 Å². The van der Waals surface area contributed by atoms with E-state index in [9.17, 15) is 4.79 Å². The first kappa shape index (κ1) is 15.5. The maximum atomic E-state index is 12.3. The number of nitrogens with zero attached hydrogens (tertiary/aromatic N) is 2. The number of aromatic nitrogens is 3. The monoisotopic (exact) mass is 356 g/mol. The summed E-state index contributed by atoms with van der Waals surface area (Å²) in [5, 5.41) is 9.66. The van der Waals surface area contributed by atoms with Gasteiger partial charge in [-0.2, -0.15) is 5.10 Å². The van der Waals surface area contributed by atoms with Gasteiger partial charge in [0.15, 0.2) is 4.77 Å². The van der Waals surface area contributed by atoms with Gasteiger partial charge in [-0.1, -0.05) is 6.07 Å². The summed E-state index contributed by atoms with van der Waals surface area (Å²) in [4.78, 5) is 12.3. The fraction of sp³-hybridized carbons (Fsp3) is 0.357. The highest BCUT2D eigenvalue weighted by molar-refractivity contribution is 7.71. The first-order valence-corrected chi connectivity index (χ1v) is 7.85. The summed E-state index contributed by atoms with van der Waals surface area (Å²) in [6, 6.07) is 7.35. The van der Waals surface area contributed by atoms with Gasteiger partial charge in [0.2, 0.25) is 5.91 Å². The summed E-state index contributed by atoms with van der Waals surface area (Å²) in [5.41, 5.74) is 0.717. The predicted octanol–water partition coefficient (Wildman–Crippen LogP) is 3.76. The Morgan fingerprint density at radius 3 is 2.73 bits per heavy atom. The van der Waals surface area contributed by atoms with Crippen LogP contribution < -0.4 is 5.32 Å². The number of rotatable bonds is 3. The van der Waals surface area contributed by atoms with Crippen molar-refractivity contribution < 1.29 is 4.79 Å². The molecular weight excluding hydrogens is 343 g/mol. The number of H-pyrrole nitrogens is 1. The molecule has 1 aromatic carbocycles. The largest absolute Gasteiger partial charge is 0.325 e. The molecule has 8 heteroatoms. The van der Waals surface area contributed by atoms with Crippen molar-refractivity contribution in [3.05, 3.63) is 34.9 Å². The van der Waals surface area contributed by atoms with Gasteiger partial charge in [0.05, 0.1) is 11.1 Å². The van der Waals surface area contributed by atoms with Crippen LogP contribution in [0.1, 0.15) is 19.2 Å². The van der Waals surface area contributed by atoms with Crippen molar-refractivity contribution in [3.63, 3.8) is 0 Å². The lowest BCUT2D eigenvalue weighted by Crippen LogP contribution is -2.26. The molecule has 0 bridgehead atoms. The van der Waals surface area contributed by atoms with Crippen LogP contribution in [-0.4, -0.2) is 25.0 Å². The fourth-order valence-corrected chi connectivity index (χ4v) is 3.31. The molecule has 1 amide bonds. The zero-order valence-electron chi connectivity index (χ0n) is 12.0. The molecule has 1 atom stereocenters. The number of hydrogen-bond acceptors (Lipinski definition) is 3. The second-order valence-corrected chi connectivity index (χ2v) is 7.50. The maximum Gasteiger partial charge on any atom is 0.233 e. The Kier molecular flexibility index (Phi) is 3.58. The van der Waals surface area contributed by atoms with Gasteiger partial charge < -0.3 is 5.32 Å². The Morgan fingerprint density at radius 2 is 2.18 bits per heavy atom. The van der Waals surface area contributed by atoms with Crippen molar-refractivity contribution in [3.8, 4) is 5.69 Å². The molecule has 3 rings (SSSR count). The number of hydrogen-bond donors (Lipinski definition) is 2. The minimum absolute atomic E-state index is 0.192. The molecule has 1 aliphatic carbocycles. The van der Waals surface area contributed by atoms with Crippen LogP contribution in [0.4, 0.5) is 5.69 Å². The van der Waals surface area contributed by atoms with E-state index in [1.807, 2.05) is 25.1 Å². The number of nitrogens with one attached hydrogen (secondary N) is 2. The highest BCUT2D eigenvalue weighted by atomic mass is 35.5. The molecule has 0 saturated heterocycles. The third-order valence-electron chi connectivity index (χ3n) is 3.96. The van der Waals surface area contributed by atoms with Gasteiger partial charge in [-0.05, 0) is 50.7 Å². The molecular formula is C14H14Cl2N4OS. The topological polar surface area (TPSA) is 62.7 Å². The van der Waals surface area contributed by atoms with E-state index in [1.54, 1.807) is 17.6 Å². The van der Waals surface area contributed by atoms with Gasteiger partial charge >= 0.3 is 0 Å². The van der Waals surface area contributed by atoms with Crippen LogP contribution in [0.5, 0.6) is 0 Å². The summed E-state index contributed by atoms with van der Waals surface area (Å²) in [6.45, 7) is 3.60. The zero-order chi connectivity index (χ0) is 16.1. The summed E-state index contributed by atoms with van der Waals surface area (Å²) in [5.74, 6) is 0.547. The molecule has 22 heavy (non-hydrogen) atoms. The average Bonchev–Trinajstić information content (AvgIpc) is 2.79. The molecule has 1 saturated carbocycles. The average molecular weight is 357 g/mol. The molecule has 1 fully saturated rings. The molecule has 1 heterocycles. The highest BCUT2D eigenvalue weighted by Crippen LogP contribution is 2.64. The van der Waals surface area contributed by atoms with Crippen molar-refractivity contribution >= 4 is 47.0 Å². The second-order valence-electron chi connectivity index (χ2n) is 5.63. The van der Waals surface area contributed by atoms with Gasteiger partial charge in [-0.3, -0.25) is 14.5 Å². The van der Waals surface area contributed by atoms with E-state index < -0.39 is 9.75 Å². The highest BCUT2D eigenvalue weighted by Gasteiger charge is 2.67. The van der Waals surface area contributed by atoms with Crippen LogP contribution in [0.15, 0.2) is 24.3 Å². The number of aromatic amines is 1. The van der Waals surface area contributed by atoms with Crippen molar-refractivity contribution in [2.75, 3.05) is 5.32 Å². The third-order valence-corrected chi connectivity index (χ3v) is 5.34. The van der Waals surface area contributed by atoms with Gasteiger partial charge in [-0.25, -0.2) is 0 Å². The SMILES string of the molecule is Cc1n[nH]c(=S)n1-c1cccc(NC(=O)[C@@]2(C)CC2(Cl)Cl)c1. The zero-order valence-corrected chi connectivity index (χ0v) is 14.3. The first-order chi connectivity index (χ1) is 10.2. The van der Waals surface area contributed by atoms with Gasteiger partial charge in [0.25, 0.3) is 0 Å². The lowest BCUT2D eigenvalue weighted by molar-refractivity contribution is -0.120. The molecule has 0 aliphatic heterocycles. The van der Waals surface area contributed by atoms with E-state index >= 15 is 0 Å². The van der Waals surface area contributed by atoms with Crippen LogP contribution in [0.25, 0.3) is 5.69 Å². The molecule has 2 N–H and O–H groups in total. The van der Waals surface area contributed by atoms with E-state index in [2.05, 4.69) is 15.5 Å². The van der Waals surface area contributed by atoms with Gasteiger partial charge in [-0.15, -0.1) is 23.2 Å². The molecule has 1 aliphatic rings. The van der Waals surface area contributed by atoms with Crippen molar-refractivity contribution in [2.24, 2.45) is 5.41 Å². The normalized spacial score (nSPS) is 22.4. The van der Waals surface area contributed by atoms with E-state index in [4.69, 9.17) is 35.4 Å². The lowest BCUT2D eigenvalue weighted by atomic mass is 10.1. The Morgan fingerprint density at radius 1 is 1.50 bits per heavy atom. The van der Waals surface area contributed by atoms with Crippen LogP contribution in [0.3, 0.4) is 0 Å². The number of alkyl halides is 2. The van der Waals surface area contributed by atoms with Crippen LogP contribution in [-0.2, 0) is 4.79 Å². The van der Waals surface area contributed by atoms with Gasteiger partial charge in [0.1, 0.15) is 10.2 Å². The molecule has 116 valence electrons. The van der Waals surface area contributed by atoms with Crippen molar-refractivity contribution in [1.29, 1.82) is 0 Å². The number of aryl methyl sites for hydroxylation is 1. The number of anilines is 1. The number of amides is 1. The maximum absolute atomic E-state index is 12.3. The molecule has 0 spiro atoms. The number of carbonyl (C=O) groups excluding carboxylic acids is 1. The summed E-state index contributed by atoms with van der Waals surface area (Å²) in [6.07, 6.45) is 0.445. The summed E-state index contributed by atoms with van der Waals surface area (Å²) in [7, 11) is 0. The predicted molar refractivity (Wildman–Crippen MR) is 89.3 cm³/mol. The van der Waals surface area contributed by atoms with E-state index in [-0.39, 0.29) is 5.91 Å². The lowest BCUT2D eigenvalue weighted by Gasteiger charge is -2.13. The molecule has 0 radical (unpaired) electrons. The summed E-state index contributed by atoms with van der Waals surface area (Å²) >= 11 is 17.3. The number of carbonyl (C=O) groups is 1. The third kappa shape index (κ3) is 2.45. The molecule has 0 unspecified atom stereocenters. The molecule has 2 aromatic rings. The second kappa shape index (κ2) is 5.08. The van der Waals surface area contributed by atoms with Crippen molar-refractivity contribution in [2.45, 2.75) is 24.6 Å². The molecule has 1 aromatic heterocycles. The Labute approximate surface area is 142 Å². The Bertz CT molecular complexity index is 813. The Hall–Kier alpha value is -1.37. The summed E-state index contributed by atoms with van der Waals surface area (Å²) < 4.78 is 1.30. The van der Waals surface area contributed by atoms with Gasteiger partial charge in [0, 0.05) is 5.69 Å². The number of halogens is 2. The fourth-order valence-electron chi connectivity index (χ4n) is 2.32. The van der Waals surface area contributed by atoms with E-state index in [0.29, 0.717) is 16.9 Å². The smallest absolute Gasteiger partial charge is 0.233 e. The minimum Gasteiger partial charge on any atom is -0.325 e. The molecule has 5 nitrogen and oxygen atoms in total. The minimum atomic E-state index is -0.988. The Balaban J connectivity index is 1.87. The van der Waals surface area contributed by atoms with E-state index in [1.165, 1.54) is 0 Å². The number of benzene rings is 1.